The van der Waals surface area contributed by atoms with Gasteiger partial charge in [-0.05, 0) is 45.1 Å². The second-order valence-corrected chi connectivity index (χ2v) is 5.71. The summed E-state index contributed by atoms with van der Waals surface area (Å²) in [4.78, 5) is 12.3. The summed E-state index contributed by atoms with van der Waals surface area (Å²) in [6.45, 7) is 9.35. The van der Waals surface area contributed by atoms with Gasteiger partial charge in [0.25, 0.3) is 0 Å². The predicted molar refractivity (Wildman–Crippen MR) is 69.9 cm³/mol. The van der Waals surface area contributed by atoms with E-state index in [0.29, 0.717) is 5.92 Å². The van der Waals surface area contributed by atoms with Gasteiger partial charge in [0.1, 0.15) is 5.54 Å². The summed E-state index contributed by atoms with van der Waals surface area (Å²) >= 11 is 0. The number of esters is 1. The number of carbonyl (C=O) groups is 1. The van der Waals surface area contributed by atoms with E-state index in [4.69, 9.17) is 4.74 Å². The summed E-state index contributed by atoms with van der Waals surface area (Å²) in [6, 6.07) is 0. The molecule has 0 radical (unpaired) electrons. The van der Waals surface area contributed by atoms with Crippen molar-refractivity contribution in [2.24, 2.45) is 5.92 Å². The summed E-state index contributed by atoms with van der Waals surface area (Å²) in [5.41, 5.74) is -0.389. The van der Waals surface area contributed by atoms with Crippen LogP contribution in [0, 0.1) is 5.92 Å². The molecule has 17 heavy (non-hydrogen) atoms. The van der Waals surface area contributed by atoms with Gasteiger partial charge in [0, 0.05) is 0 Å². The molecule has 3 nitrogen and oxygen atoms in total. The molecule has 0 spiro atoms. The lowest BCUT2D eigenvalue weighted by atomic mass is 9.92. The first-order chi connectivity index (χ1) is 8.00. The monoisotopic (exact) mass is 241 g/mol. The smallest absolute Gasteiger partial charge is 0.326 e. The van der Waals surface area contributed by atoms with Gasteiger partial charge in [-0.1, -0.05) is 27.2 Å². The lowest BCUT2D eigenvalue weighted by molar-refractivity contribution is -0.156. The van der Waals surface area contributed by atoms with Crippen molar-refractivity contribution < 1.29 is 9.53 Å². The summed E-state index contributed by atoms with van der Waals surface area (Å²) in [6.07, 6.45) is 4.87. The van der Waals surface area contributed by atoms with E-state index in [0.717, 1.165) is 38.6 Å². The molecule has 2 atom stereocenters. The lowest BCUT2D eigenvalue weighted by Crippen LogP contribution is -2.49. The van der Waals surface area contributed by atoms with Crippen LogP contribution in [0.1, 0.15) is 59.8 Å². The van der Waals surface area contributed by atoms with E-state index in [9.17, 15) is 4.79 Å². The Morgan fingerprint density at radius 2 is 2.12 bits per heavy atom. The maximum atomic E-state index is 12.3. The van der Waals surface area contributed by atoms with Gasteiger partial charge in [0.2, 0.25) is 0 Å². The van der Waals surface area contributed by atoms with E-state index in [1.165, 1.54) is 0 Å². The lowest BCUT2D eigenvalue weighted by Gasteiger charge is -2.29. The fraction of sp³-hybridized carbons (Fsp3) is 0.929. The molecule has 1 aliphatic heterocycles. The molecule has 0 amide bonds. The van der Waals surface area contributed by atoms with Crippen LogP contribution in [0.3, 0.4) is 0 Å². The highest BCUT2D eigenvalue weighted by Gasteiger charge is 2.41. The number of carbonyl (C=O) groups excluding carboxylic acids is 1. The third kappa shape index (κ3) is 3.98. The third-order valence-electron chi connectivity index (χ3n) is 3.42. The van der Waals surface area contributed by atoms with Crippen molar-refractivity contribution in [3.05, 3.63) is 0 Å². The van der Waals surface area contributed by atoms with Gasteiger partial charge < -0.3 is 10.1 Å². The molecule has 1 N–H and O–H groups in total. The molecule has 0 saturated carbocycles. The first kappa shape index (κ1) is 14.5. The van der Waals surface area contributed by atoms with E-state index < -0.39 is 0 Å². The summed E-state index contributed by atoms with van der Waals surface area (Å²) in [5.74, 6) is 0.529. The highest BCUT2D eigenvalue weighted by Crippen LogP contribution is 2.27. The molecule has 1 fully saturated rings. The zero-order valence-corrected chi connectivity index (χ0v) is 11.7. The van der Waals surface area contributed by atoms with Crippen LogP contribution in [0.5, 0.6) is 0 Å². The van der Waals surface area contributed by atoms with Gasteiger partial charge in [-0.2, -0.15) is 0 Å². The molecule has 1 saturated heterocycles. The summed E-state index contributed by atoms with van der Waals surface area (Å²) in [5, 5.41) is 3.35. The standard InChI is InChI=1S/C14H27NO2/c1-5-7-14(8-6-9-15-14)13(16)17-12(4)10-11(2)3/h11-12,15H,5-10H2,1-4H3. The zero-order valence-electron chi connectivity index (χ0n) is 11.7. The molecule has 1 rings (SSSR count). The van der Waals surface area contributed by atoms with Gasteiger partial charge in [-0.3, -0.25) is 4.79 Å². The number of hydrogen-bond donors (Lipinski definition) is 1. The van der Waals surface area contributed by atoms with Crippen LogP contribution in [0.2, 0.25) is 0 Å². The van der Waals surface area contributed by atoms with Gasteiger partial charge in [0.15, 0.2) is 0 Å². The molecular weight excluding hydrogens is 214 g/mol. The van der Waals surface area contributed by atoms with E-state index in [1.807, 2.05) is 6.92 Å². The van der Waals surface area contributed by atoms with Gasteiger partial charge >= 0.3 is 5.97 Å². The number of ether oxygens (including phenoxy) is 1. The molecule has 2 unspecified atom stereocenters. The van der Waals surface area contributed by atoms with Crippen LogP contribution in [-0.4, -0.2) is 24.2 Å². The van der Waals surface area contributed by atoms with E-state index in [-0.39, 0.29) is 17.6 Å². The van der Waals surface area contributed by atoms with Crippen LogP contribution in [0.15, 0.2) is 0 Å². The Balaban J connectivity index is 2.54. The normalized spacial score (nSPS) is 26.2. The van der Waals surface area contributed by atoms with E-state index in [1.54, 1.807) is 0 Å². The average molecular weight is 241 g/mol. The number of nitrogens with one attached hydrogen (secondary N) is 1. The van der Waals surface area contributed by atoms with E-state index in [2.05, 4.69) is 26.1 Å². The minimum Gasteiger partial charge on any atom is -0.461 e. The average Bonchev–Trinajstić information content (AvgIpc) is 2.66. The van der Waals surface area contributed by atoms with Crippen molar-refractivity contribution in [1.29, 1.82) is 0 Å². The minimum absolute atomic E-state index is 0.0265. The number of hydrogen-bond acceptors (Lipinski definition) is 3. The Bertz CT molecular complexity index is 245. The van der Waals surface area contributed by atoms with Crippen molar-refractivity contribution in [3.8, 4) is 0 Å². The Morgan fingerprint density at radius 1 is 1.41 bits per heavy atom. The fourth-order valence-corrected chi connectivity index (χ4v) is 2.73. The maximum Gasteiger partial charge on any atom is 0.326 e. The molecule has 1 aliphatic rings. The molecule has 100 valence electrons. The van der Waals surface area contributed by atoms with E-state index >= 15 is 0 Å². The number of rotatable bonds is 6. The van der Waals surface area contributed by atoms with Crippen molar-refractivity contribution in [1.82, 2.24) is 5.32 Å². The Hall–Kier alpha value is -0.570. The molecular formula is C14H27NO2. The molecule has 0 aromatic heterocycles. The molecule has 3 heteroatoms. The maximum absolute atomic E-state index is 12.3. The summed E-state index contributed by atoms with van der Waals surface area (Å²) < 4.78 is 5.60. The van der Waals surface area contributed by atoms with Crippen LogP contribution in [0.4, 0.5) is 0 Å². The van der Waals surface area contributed by atoms with Crippen LogP contribution in [0.25, 0.3) is 0 Å². The predicted octanol–water partition coefficient (Wildman–Crippen LogP) is 2.89. The highest BCUT2D eigenvalue weighted by atomic mass is 16.5. The largest absolute Gasteiger partial charge is 0.461 e. The van der Waals surface area contributed by atoms with Crippen molar-refractivity contribution >= 4 is 5.97 Å². The molecule has 1 heterocycles. The Labute approximate surface area is 105 Å². The van der Waals surface area contributed by atoms with Crippen molar-refractivity contribution in [3.63, 3.8) is 0 Å². The first-order valence-corrected chi connectivity index (χ1v) is 6.96. The first-order valence-electron chi connectivity index (χ1n) is 6.96. The molecule has 0 aliphatic carbocycles. The summed E-state index contributed by atoms with van der Waals surface area (Å²) in [7, 11) is 0. The van der Waals surface area contributed by atoms with Gasteiger partial charge in [-0.15, -0.1) is 0 Å². The topological polar surface area (TPSA) is 38.3 Å². The second kappa shape index (κ2) is 6.39. The zero-order chi connectivity index (χ0) is 12.9. The van der Waals surface area contributed by atoms with Gasteiger partial charge in [-0.25, -0.2) is 0 Å². The Morgan fingerprint density at radius 3 is 2.59 bits per heavy atom. The second-order valence-electron chi connectivity index (χ2n) is 5.71. The SMILES string of the molecule is CCCC1(C(=O)OC(C)CC(C)C)CCCN1. The van der Waals surface area contributed by atoms with Crippen LogP contribution >= 0.6 is 0 Å². The molecule has 0 aromatic rings. The van der Waals surface area contributed by atoms with Crippen LogP contribution in [-0.2, 0) is 9.53 Å². The van der Waals surface area contributed by atoms with Gasteiger partial charge in [0.05, 0.1) is 6.10 Å². The quantitative estimate of drug-likeness (QED) is 0.727. The third-order valence-corrected chi connectivity index (χ3v) is 3.42. The fourth-order valence-electron chi connectivity index (χ4n) is 2.73. The van der Waals surface area contributed by atoms with Crippen LogP contribution < -0.4 is 5.32 Å². The Kier molecular flexibility index (Phi) is 5.44. The minimum atomic E-state index is -0.389. The van der Waals surface area contributed by atoms with Crippen molar-refractivity contribution in [2.75, 3.05) is 6.54 Å². The highest BCUT2D eigenvalue weighted by molar-refractivity contribution is 5.81. The molecule has 0 bridgehead atoms. The van der Waals surface area contributed by atoms with Crippen molar-refractivity contribution in [2.45, 2.75) is 71.4 Å². The molecule has 0 aromatic carbocycles.